The molecule has 0 fully saturated rings. The van der Waals surface area contributed by atoms with E-state index >= 15 is 0 Å². The Hall–Kier alpha value is -3.74. The Morgan fingerprint density at radius 1 is 0.931 bits per heavy atom. The summed E-state index contributed by atoms with van der Waals surface area (Å²) in [5, 5.41) is 2.72. The molecule has 0 radical (unpaired) electrons. The first-order chi connectivity index (χ1) is 14.0. The zero-order chi connectivity index (χ0) is 21.0. The van der Waals surface area contributed by atoms with Gasteiger partial charge in [0.25, 0.3) is 0 Å². The predicted molar refractivity (Wildman–Crippen MR) is 110 cm³/mol. The third-order valence-electron chi connectivity index (χ3n) is 4.41. The molecule has 7 nitrogen and oxygen atoms in total. The van der Waals surface area contributed by atoms with Crippen molar-refractivity contribution in [2.75, 3.05) is 26.6 Å². The molecule has 0 unspecified atom stereocenters. The Morgan fingerprint density at radius 2 is 1.62 bits per heavy atom. The Kier molecular flexibility index (Phi) is 5.87. The van der Waals surface area contributed by atoms with Gasteiger partial charge in [-0.1, -0.05) is 6.07 Å². The SMILES string of the molecule is COc1cc(C(=O)c2cc(-c3ccc[nH]3)ccc2NC(C)=O)cc(OC)c1OC. The number of methoxy groups -OCH3 is 3. The molecule has 0 aliphatic rings. The molecule has 1 heterocycles. The second-order valence-corrected chi connectivity index (χ2v) is 6.27. The zero-order valence-electron chi connectivity index (χ0n) is 16.7. The van der Waals surface area contributed by atoms with Gasteiger partial charge >= 0.3 is 0 Å². The van der Waals surface area contributed by atoms with E-state index in [1.165, 1.54) is 28.3 Å². The van der Waals surface area contributed by atoms with Gasteiger partial charge in [0.05, 0.1) is 27.0 Å². The molecule has 3 aromatic rings. The minimum atomic E-state index is -0.290. The van der Waals surface area contributed by atoms with Crippen molar-refractivity contribution in [1.82, 2.24) is 4.98 Å². The van der Waals surface area contributed by atoms with Crippen LogP contribution in [0.25, 0.3) is 11.3 Å². The summed E-state index contributed by atoms with van der Waals surface area (Å²) in [6, 6.07) is 12.2. The molecule has 0 bridgehead atoms. The average Bonchev–Trinajstić information content (AvgIpc) is 3.26. The predicted octanol–water partition coefficient (Wildman–Crippen LogP) is 3.90. The Balaban J connectivity index is 2.14. The number of hydrogen-bond acceptors (Lipinski definition) is 5. The number of anilines is 1. The fraction of sp³-hybridized carbons (Fsp3) is 0.182. The van der Waals surface area contributed by atoms with Crippen LogP contribution in [0.1, 0.15) is 22.8 Å². The van der Waals surface area contributed by atoms with Crippen molar-refractivity contribution in [3.05, 3.63) is 59.8 Å². The first-order valence-electron chi connectivity index (χ1n) is 8.88. The number of hydrogen-bond donors (Lipinski definition) is 2. The van der Waals surface area contributed by atoms with Crippen LogP contribution in [0.4, 0.5) is 5.69 Å². The van der Waals surface area contributed by atoms with Crippen LogP contribution in [0, 0.1) is 0 Å². The third-order valence-corrected chi connectivity index (χ3v) is 4.41. The second-order valence-electron chi connectivity index (χ2n) is 6.27. The maximum atomic E-state index is 13.4. The maximum Gasteiger partial charge on any atom is 0.221 e. The molecular formula is C22H22N2O5. The van der Waals surface area contributed by atoms with Gasteiger partial charge < -0.3 is 24.5 Å². The monoisotopic (exact) mass is 394 g/mol. The highest BCUT2D eigenvalue weighted by Crippen LogP contribution is 2.39. The van der Waals surface area contributed by atoms with E-state index in [0.717, 1.165) is 11.3 Å². The molecule has 150 valence electrons. The molecular weight excluding hydrogens is 372 g/mol. The molecule has 0 saturated heterocycles. The van der Waals surface area contributed by atoms with Crippen LogP contribution in [0.5, 0.6) is 17.2 Å². The van der Waals surface area contributed by atoms with Gasteiger partial charge in [-0.2, -0.15) is 0 Å². The Morgan fingerprint density at radius 3 is 2.14 bits per heavy atom. The molecule has 3 rings (SSSR count). The molecule has 1 aromatic heterocycles. The maximum absolute atomic E-state index is 13.4. The van der Waals surface area contributed by atoms with E-state index in [9.17, 15) is 9.59 Å². The van der Waals surface area contributed by atoms with E-state index in [4.69, 9.17) is 14.2 Å². The number of aromatic nitrogens is 1. The number of ketones is 1. The summed E-state index contributed by atoms with van der Waals surface area (Å²) in [7, 11) is 4.47. The first kappa shape index (κ1) is 20.0. The molecule has 2 aromatic carbocycles. The largest absolute Gasteiger partial charge is 0.493 e. The number of rotatable bonds is 7. The van der Waals surface area contributed by atoms with Gasteiger partial charge in [0.15, 0.2) is 17.3 Å². The summed E-state index contributed by atoms with van der Waals surface area (Å²) < 4.78 is 16.0. The lowest BCUT2D eigenvalue weighted by molar-refractivity contribution is -0.114. The number of benzene rings is 2. The van der Waals surface area contributed by atoms with E-state index in [1.807, 2.05) is 18.2 Å². The lowest BCUT2D eigenvalue weighted by Crippen LogP contribution is -2.12. The van der Waals surface area contributed by atoms with Crippen molar-refractivity contribution in [3.8, 4) is 28.5 Å². The van der Waals surface area contributed by atoms with Crippen LogP contribution >= 0.6 is 0 Å². The number of amides is 1. The van der Waals surface area contributed by atoms with E-state index < -0.39 is 0 Å². The Bertz CT molecular complexity index is 1020. The van der Waals surface area contributed by atoms with Gasteiger partial charge in [-0.3, -0.25) is 9.59 Å². The van der Waals surface area contributed by atoms with Gasteiger partial charge in [-0.15, -0.1) is 0 Å². The van der Waals surface area contributed by atoms with Crippen molar-refractivity contribution in [1.29, 1.82) is 0 Å². The van der Waals surface area contributed by atoms with Crippen molar-refractivity contribution in [2.24, 2.45) is 0 Å². The first-order valence-corrected chi connectivity index (χ1v) is 8.88. The van der Waals surface area contributed by atoms with E-state index in [-0.39, 0.29) is 11.7 Å². The molecule has 1 amide bonds. The van der Waals surface area contributed by atoms with Gasteiger partial charge in [0.2, 0.25) is 11.7 Å². The zero-order valence-corrected chi connectivity index (χ0v) is 16.7. The second kappa shape index (κ2) is 8.52. The minimum absolute atomic E-state index is 0.267. The summed E-state index contributed by atoms with van der Waals surface area (Å²) >= 11 is 0. The fourth-order valence-corrected chi connectivity index (χ4v) is 3.08. The quantitative estimate of drug-likeness (QED) is 0.593. The normalized spacial score (nSPS) is 10.3. The van der Waals surface area contributed by atoms with Crippen LogP contribution in [0.15, 0.2) is 48.7 Å². The molecule has 0 spiro atoms. The number of H-pyrrole nitrogens is 1. The van der Waals surface area contributed by atoms with E-state index in [1.54, 1.807) is 30.5 Å². The van der Waals surface area contributed by atoms with Gasteiger partial charge in [0.1, 0.15) is 0 Å². The summed E-state index contributed by atoms with van der Waals surface area (Å²) in [6.45, 7) is 1.40. The van der Waals surface area contributed by atoms with Gasteiger partial charge in [0, 0.05) is 29.9 Å². The highest BCUT2D eigenvalue weighted by Gasteiger charge is 2.21. The summed E-state index contributed by atoms with van der Waals surface area (Å²) in [4.78, 5) is 28.1. The standard InChI is InChI=1S/C22H22N2O5/c1-13(25)24-18-8-7-14(17-6-5-9-23-17)10-16(18)21(26)15-11-19(27-2)22(29-4)20(12-15)28-3/h5-12,23H,1-4H3,(H,24,25). The number of ether oxygens (including phenoxy) is 3. The van der Waals surface area contributed by atoms with Crippen molar-refractivity contribution in [2.45, 2.75) is 6.92 Å². The number of carbonyl (C=O) groups is 2. The molecule has 0 aliphatic heterocycles. The van der Waals surface area contributed by atoms with Crippen molar-refractivity contribution in [3.63, 3.8) is 0 Å². The number of nitrogens with one attached hydrogen (secondary N) is 2. The van der Waals surface area contributed by atoms with E-state index in [0.29, 0.717) is 34.1 Å². The lowest BCUT2D eigenvalue weighted by atomic mass is 9.97. The Labute approximate surface area is 168 Å². The highest BCUT2D eigenvalue weighted by molar-refractivity contribution is 6.14. The van der Waals surface area contributed by atoms with Crippen LogP contribution in [0.2, 0.25) is 0 Å². The third kappa shape index (κ3) is 4.08. The molecule has 7 heteroatoms. The topological polar surface area (TPSA) is 89.7 Å². The van der Waals surface area contributed by atoms with Crippen molar-refractivity contribution < 1.29 is 23.8 Å². The fourth-order valence-electron chi connectivity index (χ4n) is 3.08. The summed E-state index contributed by atoms with van der Waals surface area (Å²) in [6.07, 6.45) is 1.80. The molecule has 29 heavy (non-hydrogen) atoms. The van der Waals surface area contributed by atoms with E-state index in [2.05, 4.69) is 10.3 Å². The van der Waals surface area contributed by atoms with Gasteiger partial charge in [-0.05, 0) is 42.0 Å². The molecule has 2 N–H and O–H groups in total. The average molecular weight is 394 g/mol. The molecule has 0 saturated carbocycles. The van der Waals surface area contributed by atoms with Crippen LogP contribution in [-0.2, 0) is 4.79 Å². The minimum Gasteiger partial charge on any atom is -0.493 e. The van der Waals surface area contributed by atoms with Crippen LogP contribution in [-0.4, -0.2) is 38.0 Å². The number of aromatic amines is 1. The summed E-state index contributed by atoms with van der Waals surface area (Å²) in [5.74, 6) is 0.584. The molecule has 0 atom stereocenters. The number of carbonyl (C=O) groups excluding carboxylic acids is 2. The van der Waals surface area contributed by atoms with Crippen molar-refractivity contribution >= 4 is 17.4 Å². The van der Waals surface area contributed by atoms with Crippen LogP contribution < -0.4 is 19.5 Å². The highest BCUT2D eigenvalue weighted by atomic mass is 16.5. The summed E-state index contributed by atoms with van der Waals surface area (Å²) in [5.41, 5.74) is 2.79. The lowest BCUT2D eigenvalue weighted by Gasteiger charge is -2.15. The smallest absolute Gasteiger partial charge is 0.221 e. The van der Waals surface area contributed by atoms with Crippen LogP contribution in [0.3, 0.4) is 0 Å². The molecule has 0 aliphatic carbocycles. The van der Waals surface area contributed by atoms with Gasteiger partial charge in [-0.25, -0.2) is 0 Å².